The summed E-state index contributed by atoms with van der Waals surface area (Å²) in [5.41, 5.74) is 0. The molecule has 580 valence electrons. The van der Waals surface area contributed by atoms with Gasteiger partial charge in [0.2, 0.25) is 5.91 Å². The van der Waals surface area contributed by atoms with Crippen molar-refractivity contribution in [2.75, 3.05) is 26.4 Å². The van der Waals surface area contributed by atoms with Crippen molar-refractivity contribution in [3.63, 3.8) is 0 Å². The number of amides is 1. The van der Waals surface area contributed by atoms with Gasteiger partial charge in [0.15, 0.2) is 18.9 Å². The van der Waals surface area contributed by atoms with Crippen molar-refractivity contribution in [1.29, 1.82) is 0 Å². The summed E-state index contributed by atoms with van der Waals surface area (Å²) < 4.78 is 34.4. The Kier molecular flexibility index (Phi) is 55.5. The van der Waals surface area contributed by atoms with Gasteiger partial charge in [-0.1, -0.05) is 270 Å². The first-order valence-corrected chi connectivity index (χ1v) is 39.3. The summed E-state index contributed by atoms with van der Waals surface area (Å²) in [6, 6.07) is -1.01. The fourth-order valence-electron chi connectivity index (χ4n) is 12.4. The van der Waals surface area contributed by atoms with Crippen molar-refractivity contribution in [2.24, 2.45) is 0 Å². The molecule has 19 heteroatoms. The molecule has 0 saturated carbocycles. The molecule has 3 rings (SSSR count). The number of hydrogen-bond donors (Lipinski definition) is 12. The normalized spacial score (nSPS) is 27.0. The van der Waals surface area contributed by atoms with Crippen LogP contribution in [0.1, 0.15) is 258 Å². The van der Waals surface area contributed by atoms with Gasteiger partial charge in [0.05, 0.1) is 38.6 Å². The number of aliphatic hydroxyl groups excluding tert-OH is 11. The second kappa shape index (κ2) is 61.4. The zero-order chi connectivity index (χ0) is 73.2. The van der Waals surface area contributed by atoms with Crippen LogP contribution in [0.15, 0.2) is 122 Å². The highest BCUT2D eigenvalue weighted by Gasteiger charge is 2.53. The maximum atomic E-state index is 13.5. The third-order valence-electron chi connectivity index (χ3n) is 18.7. The van der Waals surface area contributed by atoms with E-state index in [1.54, 1.807) is 6.08 Å². The molecule has 12 N–H and O–H groups in total. The first-order chi connectivity index (χ1) is 49.3. The van der Waals surface area contributed by atoms with Crippen molar-refractivity contribution in [3.8, 4) is 0 Å². The Morgan fingerprint density at radius 2 is 0.693 bits per heavy atom. The van der Waals surface area contributed by atoms with Gasteiger partial charge in [-0.15, -0.1) is 0 Å². The van der Waals surface area contributed by atoms with Crippen molar-refractivity contribution >= 4 is 5.91 Å². The van der Waals surface area contributed by atoms with E-state index in [0.29, 0.717) is 12.8 Å². The number of carbonyl (C=O) groups is 1. The van der Waals surface area contributed by atoms with E-state index in [9.17, 15) is 61.0 Å². The molecule has 0 aromatic carbocycles. The maximum absolute atomic E-state index is 13.5. The van der Waals surface area contributed by atoms with Gasteiger partial charge in [-0.05, 0) is 103 Å². The predicted octanol–water partition coefficient (Wildman–Crippen LogP) is 12.7. The van der Waals surface area contributed by atoms with Gasteiger partial charge in [-0.25, -0.2) is 0 Å². The number of allylic oxidation sites excluding steroid dienone is 19. The Labute approximate surface area is 608 Å². The molecule has 0 radical (unpaired) electrons. The molecule has 3 aliphatic rings. The van der Waals surface area contributed by atoms with Crippen LogP contribution in [0.5, 0.6) is 0 Å². The lowest BCUT2D eigenvalue weighted by atomic mass is 9.96. The maximum Gasteiger partial charge on any atom is 0.220 e. The Morgan fingerprint density at radius 1 is 0.366 bits per heavy atom. The van der Waals surface area contributed by atoms with E-state index >= 15 is 0 Å². The highest BCUT2D eigenvalue weighted by Crippen LogP contribution is 2.33. The van der Waals surface area contributed by atoms with E-state index in [0.717, 1.165) is 103 Å². The molecule has 17 unspecified atom stereocenters. The first-order valence-electron chi connectivity index (χ1n) is 39.3. The third kappa shape index (κ3) is 41.6. The Morgan fingerprint density at radius 3 is 1.11 bits per heavy atom. The summed E-state index contributed by atoms with van der Waals surface area (Å²) >= 11 is 0. The minimum Gasteiger partial charge on any atom is -0.394 e. The van der Waals surface area contributed by atoms with Gasteiger partial charge in [0, 0.05) is 6.42 Å². The Hall–Kier alpha value is -3.81. The van der Waals surface area contributed by atoms with Crippen LogP contribution < -0.4 is 5.32 Å². The van der Waals surface area contributed by atoms with Gasteiger partial charge in [-0.2, -0.15) is 0 Å². The SMILES string of the molecule is CC/C=C\C/C=C\C/C=C\C/C=C\C/C=C\C/C=C\C/C=C\CCCCCCCCCCCCCCCC(=O)NC(COC1OC(CO)C(OC2OC(CO)C(OC3OC(CO)C(O)C(O)C3O)C(O)C2O)C(O)C1O)C(O)/C=C/CC/C=C/CC/C=C/CCCCCCCCCCCCC. The number of hydrogen-bond acceptors (Lipinski definition) is 18. The molecule has 0 spiro atoms. The minimum atomic E-state index is -1.99. The zero-order valence-electron chi connectivity index (χ0n) is 61.8. The van der Waals surface area contributed by atoms with Gasteiger partial charge in [0.1, 0.15) is 73.2 Å². The average molecular weight is 1430 g/mol. The predicted molar refractivity (Wildman–Crippen MR) is 401 cm³/mol. The Balaban J connectivity index is 1.38. The largest absolute Gasteiger partial charge is 0.394 e. The van der Waals surface area contributed by atoms with Gasteiger partial charge in [0.25, 0.3) is 0 Å². The van der Waals surface area contributed by atoms with E-state index in [1.807, 2.05) is 6.08 Å². The molecule has 3 fully saturated rings. The van der Waals surface area contributed by atoms with Crippen LogP contribution in [0.3, 0.4) is 0 Å². The van der Waals surface area contributed by atoms with Gasteiger partial charge >= 0.3 is 0 Å². The van der Waals surface area contributed by atoms with E-state index in [1.165, 1.54) is 122 Å². The molecule has 1 amide bonds. The molecule has 0 aliphatic carbocycles. The monoisotopic (exact) mass is 1430 g/mol. The molecular formula is C82H139NO18. The smallest absolute Gasteiger partial charge is 0.220 e. The van der Waals surface area contributed by atoms with Crippen molar-refractivity contribution in [2.45, 2.75) is 362 Å². The van der Waals surface area contributed by atoms with E-state index < -0.39 is 124 Å². The average Bonchev–Trinajstić information content (AvgIpc) is 0.782. The van der Waals surface area contributed by atoms with Crippen LogP contribution >= 0.6 is 0 Å². The van der Waals surface area contributed by atoms with Crippen LogP contribution in [0.25, 0.3) is 0 Å². The summed E-state index contributed by atoms with van der Waals surface area (Å²) in [7, 11) is 0. The van der Waals surface area contributed by atoms with Crippen LogP contribution in [-0.2, 0) is 33.2 Å². The van der Waals surface area contributed by atoms with Crippen LogP contribution in [0, 0.1) is 0 Å². The quantitative estimate of drug-likeness (QED) is 0.0199. The summed E-state index contributed by atoms with van der Waals surface area (Å²) in [4.78, 5) is 13.5. The van der Waals surface area contributed by atoms with Gasteiger partial charge in [-0.3, -0.25) is 4.79 Å². The number of unbranched alkanes of at least 4 members (excludes halogenated alkanes) is 26. The summed E-state index contributed by atoms with van der Waals surface area (Å²) in [6.45, 7) is 1.60. The lowest BCUT2D eigenvalue weighted by Crippen LogP contribution is -2.66. The fourth-order valence-corrected chi connectivity index (χ4v) is 12.4. The second-order valence-electron chi connectivity index (χ2n) is 27.4. The Bertz CT molecular complexity index is 2300. The molecule has 0 bridgehead atoms. The molecule has 0 aromatic heterocycles. The van der Waals surface area contributed by atoms with Crippen LogP contribution in [0.2, 0.25) is 0 Å². The van der Waals surface area contributed by atoms with E-state index in [-0.39, 0.29) is 18.9 Å². The first kappa shape index (κ1) is 91.4. The summed E-state index contributed by atoms with van der Waals surface area (Å²) in [5.74, 6) is -0.294. The highest BCUT2D eigenvalue weighted by molar-refractivity contribution is 5.76. The number of rotatable bonds is 60. The summed E-state index contributed by atoms with van der Waals surface area (Å²) in [6.07, 6.45) is 58.9. The lowest BCUT2D eigenvalue weighted by molar-refractivity contribution is -0.379. The third-order valence-corrected chi connectivity index (χ3v) is 18.7. The van der Waals surface area contributed by atoms with Crippen molar-refractivity contribution in [1.82, 2.24) is 5.32 Å². The zero-order valence-corrected chi connectivity index (χ0v) is 61.8. The topological polar surface area (TPSA) is 307 Å². The molecule has 3 aliphatic heterocycles. The van der Waals surface area contributed by atoms with Crippen LogP contribution in [0.4, 0.5) is 0 Å². The van der Waals surface area contributed by atoms with E-state index in [2.05, 4.69) is 129 Å². The number of ether oxygens (including phenoxy) is 6. The van der Waals surface area contributed by atoms with Gasteiger partial charge < -0.3 is 89.9 Å². The fraction of sp³-hybridized carbons (Fsp3) is 0.744. The molecule has 0 aromatic rings. The van der Waals surface area contributed by atoms with Crippen molar-refractivity contribution in [3.05, 3.63) is 122 Å². The summed E-state index contributed by atoms with van der Waals surface area (Å²) in [5, 5.41) is 121. The second-order valence-corrected chi connectivity index (χ2v) is 27.4. The molecule has 3 saturated heterocycles. The molecular weight excluding hydrogens is 1290 g/mol. The molecule has 101 heavy (non-hydrogen) atoms. The highest BCUT2D eigenvalue weighted by atomic mass is 16.8. The van der Waals surface area contributed by atoms with E-state index in [4.69, 9.17) is 28.4 Å². The van der Waals surface area contributed by atoms with Crippen LogP contribution in [-0.4, -0.2) is 193 Å². The minimum absolute atomic E-state index is 0.224. The molecule has 19 nitrogen and oxygen atoms in total. The standard InChI is InChI=1S/C82H139NO18/c1-3-5-7-9-11-13-15-17-19-21-23-25-26-27-28-29-30-31-32-33-34-35-36-37-38-40-42-44-46-48-50-52-54-56-58-60-70(88)83-65(66(87)59-57-55-53-51-49-47-45-43-41-39-24-22-20-18-16-14-12-10-8-6-4-2)64-96-80-76(94)73(91)78(68(62-85)98-80)101-82-77(95)74(92)79(69(63-86)99-82)100-81-75(93)72(90)71(89)67(61-84)97-81/h5,7,11,13,17,19,23,25,27-28,30-31,33-34,41,43,49,51,57,59,65-69,71-82,84-87,89-95H,3-4,6,8-10,12,14-16,18,20-22,24,26,29,32,35-40,42,44-48,50,52-56,58,60-64H2,1-2H3,(H,83,88)/b7-5-,13-11-,19-17-,25-23-,28-27-,31-30-,34-33-,43-41+,51-49+,59-57+. The molecule has 3 heterocycles. The number of nitrogens with one attached hydrogen (secondary N) is 1. The number of carbonyl (C=O) groups excluding carboxylic acids is 1. The molecule has 17 atom stereocenters. The lowest BCUT2D eigenvalue weighted by Gasteiger charge is -2.48. The number of aliphatic hydroxyl groups is 11. The van der Waals surface area contributed by atoms with Crippen molar-refractivity contribution < 1.29 is 89.4 Å².